The molecule has 4 aromatic rings. The van der Waals surface area contributed by atoms with E-state index in [0.717, 1.165) is 12.8 Å². The Morgan fingerprint density at radius 3 is 1.22 bits per heavy atom. The summed E-state index contributed by atoms with van der Waals surface area (Å²) >= 11 is -2.35. The average molecular weight is 757 g/mol. The Kier molecular flexibility index (Phi) is 10.8. The van der Waals surface area contributed by atoms with Crippen LogP contribution in [-0.2, 0) is 33.8 Å². The number of hydrogen-bond donors (Lipinski definition) is 0. The zero-order valence-electron chi connectivity index (χ0n) is 33.0. The van der Waals surface area contributed by atoms with Crippen LogP contribution in [0.5, 0.6) is 0 Å². The first-order valence-electron chi connectivity index (χ1n) is 19.3. The summed E-state index contributed by atoms with van der Waals surface area (Å²) in [4.78, 5) is 0. The molecule has 0 N–H and O–H groups in total. The van der Waals surface area contributed by atoms with E-state index in [4.69, 9.17) is 0 Å². The second-order valence-corrected chi connectivity index (χ2v) is 38.4. The third-order valence-corrected chi connectivity index (χ3v) is 32.5. The maximum atomic E-state index is 2.72. The van der Waals surface area contributed by atoms with Gasteiger partial charge in [0.2, 0.25) is 0 Å². The summed E-state index contributed by atoms with van der Waals surface area (Å²) in [5, 5.41) is 0. The van der Waals surface area contributed by atoms with Crippen LogP contribution in [0.15, 0.2) is 96.1 Å². The Morgan fingerprint density at radius 1 is 0.520 bits per heavy atom. The standard InChI is InChI=1S/2C23H27.C2H7Si.Zr/c2*1-16(2)13-17-9-6-7-11-20(17)21-12-8-10-18-14-19(15-22(18)21)23(3,4)5;1-3-2;/h2*6-12,14-16H,13H2,1-5H3;3H,1-2H3;. The number of fused-ring (bicyclic) bond motifs is 2. The molecule has 0 spiro atoms. The molecule has 0 aromatic heterocycles. The van der Waals surface area contributed by atoms with Crippen molar-refractivity contribution in [2.75, 3.05) is 0 Å². The molecule has 0 amide bonds. The van der Waals surface area contributed by atoms with Crippen molar-refractivity contribution in [1.29, 1.82) is 0 Å². The van der Waals surface area contributed by atoms with E-state index in [1.165, 1.54) is 44.5 Å². The van der Waals surface area contributed by atoms with Crippen LogP contribution in [0, 0.1) is 22.7 Å². The van der Waals surface area contributed by atoms with Crippen LogP contribution >= 0.6 is 0 Å². The fourth-order valence-electron chi connectivity index (χ4n) is 8.93. The predicted octanol–water partition coefficient (Wildman–Crippen LogP) is 13.7. The summed E-state index contributed by atoms with van der Waals surface area (Å²) < 4.78 is 1.18. The monoisotopic (exact) mass is 755 g/mol. The van der Waals surface area contributed by atoms with E-state index in [2.05, 4.69) is 179 Å². The van der Waals surface area contributed by atoms with Gasteiger partial charge in [0.05, 0.1) is 0 Å². The number of benzene rings is 4. The van der Waals surface area contributed by atoms with Crippen molar-refractivity contribution in [2.45, 2.75) is 102 Å². The van der Waals surface area contributed by atoms with Crippen LogP contribution < -0.4 is 0 Å². The van der Waals surface area contributed by atoms with Crippen LogP contribution in [-0.4, -0.2) is 5.92 Å². The molecule has 4 aromatic carbocycles. The van der Waals surface area contributed by atoms with Crippen molar-refractivity contribution in [3.8, 4) is 22.3 Å². The fraction of sp³-hybridized carbons (Fsp3) is 0.417. The summed E-state index contributed by atoms with van der Waals surface area (Å²) in [6.07, 6.45) is 7.60. The third-order valence-electron chi connectivity index (χ3n) is 11.1. The van der Waals surface area contributed by atoms with Gasteiger partial charge in [0, 0.05) is 0 Å². The molecule has 0 radical (unpaired) electrons. The van der Waals surface area contributed by atoms with E-state index in [0.29, 0.717) is 19.1 Å². The van der Waals surface area contributed by atoms with E-state index in [1.54, 1.807) is 22.3 Å². The van der Waals surface area contributed by atoms with Gasteiger partial charge in [0.1, 0.15) is 0 Å². The van der Waals surface area contributed by atoms with Crippen molar-refractivity contribution in [3.05, 3.63) is 129 Å². The maximum absolute atomic E-state index is 2.72. The van der Waals surface area contributed by atoms with E-state index in [1.807, 2.05) is 0 Å². The normalized spacial score (nSPS) is 17.3. The number of hydrogen-bond acceptors (Lipinski definition) is 0. The summed E-state index contributed by atoms with van der Waals surface area (Å²) in [7, 11) is 0. The summed E-state index contributed by atoms with van der Waals surface area (Å²) in [6.45, 7) is 29.7. The number of allylic oxidation sites excluding steroid dienone is 2. The van der Waals surface area contributed by atoms with Gasteiger partial charge in [0.25, 0.3) is 0 Å². The van der Waals surface area contributed by atoms with Crippen molar-refractivity contribution in [3.63, 3.8) is 0 Å². The van der Waals surface area contributed by atoms with Crippen LogP contribution in [0.3, 0.4) is 0 Å². The molecule has 0 aliphatic heterocycles. The average Bonchev–Trinajstić information content (AvgIpc) is 3.62. The molecule has 6 rings (SSSR count). The van der Waals surface area contributed by atoms with Crippen LogP contribution in [0.25, 0.3) is 34.4 Å². The number of rotatable bonds is 9. The Labute approximate surface area is 313 Å². The molecule has 0 heterocycles. The molecule has 2 aliphatic rings. The van der Waals surface area contributed by atoms with Crippen LogP contribution in [0.2, 0.25) is 13.1 Å². The van der Waals surface area contributed by atoms with Crippen molar-refractivity contribution >= 4 is 18.1 Å². The second-order valence-electron chi connectivity index (χ2n) is 18.3. The van der Waals surface area contributed by atoms with Gasteiger partial charge in [-0.05, 0) is 0 Å². The van der Waals surface area contributed by atoms with E-state index < -0.39 is 26.8 Å². The summed E-state index contributed by atoms with van der Waals surface area (Å²) in [5.74, 6) is 0.198. The molecule has 2 atom stereocenters. The molecule has 0 bridgehead atoms. The Balaban J connectivity index is 1.57. The van der Waals surface area contributed by atoms with Crippen LogP contribution in [0.1, 0.15) is 110 Å². The van der Waals surface area contributed by atoms with Gasteiger partial charge in [-0.1, -0.05) is 0 Å². The van der Waals surface area contributed by atoms with Gasteiger partial charge in [-0.2, -0.15) is 0 Å². The first kappa shape index (κ1) is 37.2. The van der Waals surface area contributed by atoms with Crippen molar-refractivity contribution in [2.24, 2.45) is 22.7 Å². The Morgan fingerprint density at radius 2 is 0.880 bits per heavy atom. The molecule has 0 nitrogen and oxygen atoms in total. The van der Waals surface area contributed by atoms with Gasteiger partial charge in [-0.15, -0.1) is 0 Å². The predicted molar refractivity (Wildman–Crippen MR) is 220 cm³/mol. The van der Waals surface area contributed by atoms with E-state index >= 15 is 0 Å². The zero-order chi connectivity index (χ0) is 36.1. The quantitative estimate of drug-likeness (QED) is 0.149. The minimum absolute atomic E-state index is 0.109. The molecular weight excluding hydrogens is 696 g/mol. The van der Waals surface area contributed by atoms with Gasteiger partial charge in [-0.25, -0.2) is 0 Å². The third kappa shape index (κ3) is 7.23. The van der Waals surface area contributed by atoms with Gasteiger partial charge < -0.3 is 0 Å². The molecular formula is C48H61SiZr. The molecule has 0 saturated carbocycles. The topological polar surface area (TPSA) is 0 Å². The Hall–Kier alpha value is -2.54. The van der Waals surface area contributed by atoms with Gasteiger partial charge in [0.15, 0.2) is 0 Å². The molecule has 0 saturated heterocycles. The Bertz CT molecular complexity index is 1790. The second kappa shape index (κ2) is 14.5. The summed E-state index contributed by atoms with van der Waals surface area (Å²) in [6, 6.07) is 33.1. The summed E-state index contributed by atoms with van der Waals surface area (Å²) in [5.41, 5.74) is 18.7. The molecule has 261 valence electrons. The SMILES string of the molecule is CC(C)Cc1ccccc1-c1cccc2c1C=C(C(C)(C)C)[CH]2[Zr]([CH]1C(C(C)(C)C)=Cc2c(-c3ccccc3CC(C)C)cccc21)[SiH](C)C. The molecule has 50 heavy (non-hydrogen) atoms. The van der Waals surface area contributed by atoms with E-state index in [-0.39, 0.29) is 10.8 Å². The molecule has 2 aliphatic carbocycles. The van der Waals surface area contributed by atoms with Gasteiger partial charge in [-0.3, -0.25) is 0 Å². The molecule has 2 unspecified atom stereocenters. The first-order chi connectivity index (χ1) is 23.6. The minimum atomic E-state index is -2.35. The van der Waals surface area contributed by atoms with Gasteiger partial charge >= 0.3 is 316 Å². The first-order valence-corrected chi connectivity index (χ1v) is 29.3. The molecule has 0 fully saturated rings. The van der Waals surface area contributed by atoms with Crippen molar-refractivity contribution < 1.29 is 20.9 Å². The zero-order valence-corrected chi connectivity index (χ0v) is 36.7. The van der Waals surface area contributed by atoms with E-state index in [9.17, 15) is 0 Å². The molecule has 2 heteroatoms. The van der Waals surface area contributed by atoms with Crippen molar-refractivity contribution in [1.82, 2.24) is 0 Å². The fourth-order valence-corrected chi connectivity index (χ4v) is 32.5. The van der Waals surface area contributed by atoms with Crippen LogP contribution in [0.4, 0.5) is 0 Å².